The van der Waals surface area contributed by atoms with Crippen molar-refractivity contribution in [3.8, 4) is 0 Å². The zero-order valence-electron chi connectivity index (χ0n) is 11.6. The van der Waals surface area contributed by atoms with Gasteiger partial charge in [-0.15, -0.1) is 0 Å². The minimum Gasteiger partial charge on any atom is -0.396 e. The largest absolute Gasteiger partial charge is 0.396 e. The second-order valence-corrected chi connectivity index (χ2v) is 6.01. The first-order chi connectivity index (χ1) is 9.12. The van der Waals surface area contributed by atoms with Gasteiger partial charge in [0.2, 0.25) is 0 Å². The summed E-state index contributed by atoms with van der Waals surface area (Å²) in [6.07, 6.45) is 4.17. The number of rotatable bonds is 5. The number of hydrogen-bond acceptors (Lipinski definition) is 3. The number of aromatic nitrogens is 2. The molecule has 1 aromatic carbocycles. The van der Waals surface area contributed by atoms with E-state index in [0.717, 1.165) is 31.4 Å². The van der Waals surface area contributed by atoms with Crippen molar-refractivity contribution in [2.24, 2.45) is 12.5 Å². The second-order valence-electron chi connectivity index (χ2n) is 6.01. The Kier molecular flexibility index (Phi) is 3.07. The Balaban J connectivity index is 1.70. The number of fused-ring (bicyclic) bond motifs is 1. The van der Waals surface area contributed by atoms with Gasteiger partial charge in [0.05, 0.1) is 17.4 Å². The molecule has 1 aliphatic rings. The Bertz CT molecular complexity index is 586. The molecular formula is C15H21N3O. The maximum atomic E-state index is 9.38. The molecule has 1 aromatic heterocycles. The predicted octanol–water partition coefficient (Wildman–Crippen LogP) is 1.78. The van der Waals surface area contributed by atoms with Gasteiger partial charge in [-0.1, -0.05) is 6.07 Å². The molecule has 4 nitrogen and oxygen atoms in total. The molecule has 0 saturated heterocycles. The van der Waals surface area contributed by atoms with E-state index in [1.165, 1.54) is 11.1 Å². The molecule has 0 aliphatic heterocycles. The molecular weight excluding hydrogens is 238 g/mol. The number of aliphatic hydroxyl groups excluding tert-OH is 1. The van der Waals surface area contributed by atoms with E-state index < -0.39 is 0 Å². The van der Waals surface area contributed by atoms with Crippen LogP contribution >= 0.6 is 0 Å². The van der Waals surface area contributed by atoms with Crippen LogP contribution in [-0.2, 0) is 13.6 Å². The lowest BCUT2D eigenvalue weighted by Crippen LogP contribution is -2.28. The van der Waals surface area contributed by atoms with Gasteiger partial charge in [0.1, 0.15) is 0 Å². The summed E-state index contributed by atoms with van der Waals surface area (Å²) in [4.78, 5) is 6.69. The fourth-order valence-corrected chi connectivity index (χ4v) is 2.76. The van der Waals surface area contributed by atoms with Gasteiger partial charge in [-0.25, -0.2) is 4.98 Å². The molecule has 0 radical (unpaired) electrons. The quantitative estimate of drug-likeness (QED) is 0.890. The minimum atomic E-state index is 0.184. The summed E-state index contributed by atoms with van der Waals surface area (Å²) in [7, 11) is 4.14. The minimum absolute atomic E-state index is 0.184. The highest BCUT2D eigenvalue weighted by Crippen LogP contribution is 2.45. The summed E-state index contributed by atoms with van der Waals surface area (Å²) in [6.45, 7) is 2.20. The molecule has 0 bridgehead atoms. The fourth-order valence-electron chi connectivity index (χ4n) is 2.76. The van der Waals surface area contributed by atoms with Crippen LogP contribution in [0.1, 0.15) is 18.4 Å². The van der Waals surface area contributed by atoms with E-state index >= 15 is 0 Å². The van der Waals surface area contributed by atoms with Crippen molar-refractivity contribution in [3.63, 3.8) is 0 Å². The van der Waals surface area contributed by atoms with Crippen molar-refractivity contribution in [2.45, 2.75) is 19.4 Å². The fraction of sp³-hybridized carbons (Fsp3) is 0.533. The highest BCUT2D eigenvalue weighted by Gasteiger charge is 2.42. The summed E-state index contributed by atoms with van der Waals surface area (Å²) >= 11 is 0. The number of hydrogen-bond donors (Lipinski definition) is 1. The van der Waals surface area contributed by atoms with Crippen LogP contribution in [0.25, 0.3) is 11.0 Å². The Morgan fingerprint density at radius 3 is 2.89 bits per heavy atom. The van der Waals surface area contributed by atoms with Gasteiger partial charge in [-0.2, -0.15) is 0 Å². The first-order valence-corrected chi connectivity index (χ1v) is 6.81. The van der Waals surface area contributed by atoms with Crippen molar-refractivity contribution in [2.75, 3.05) is 20.2 Å². The van der Waals surface area contributed by atoms with Crippen molar-refractivity contribution in [3.05, 3.63) is 30.1 Å². The molecule has 19 heavy (non-hydrogen) atoms. The van der Waals surface area contributed by atoms with E-state index in [1.807, 2.05) is 17.9 Å². The lowest BCUT2D eigenvalue weighted by Gasteiger charge is -2.22. The van der Waals surface area contributed by atoms with Crippen LogP contribution in [0.2, 0.25) is 0 Å². The van der Waals surface area contributed by atoms with Crippen LogP contribution in [0.3, 0.4) is 0 Å². The molecule has 1 N–H and O–H groups in total. The average molecular weight is 259 g/mol. The maximum Gasteiger partial charge on any atom is 0.0955 e. The predicted molar refractivity (Wildman–Crippen MR) is 75.8 cm³/mol. The zero-order chi connectivity index (χ0) is 13.5. The van der Waals surface area contributed by atoms with Gasteiger partial charge in [-0.05, 0) is 37.6 Å². The van der Waals surface area contributed by atoms with Crippen LogP contribution in [0.5, 0.6) is 0 Å². The topological polar surface area (TPSA) is 41.3 Å². The van der Waals surface area contributed by atoms with Gasteiger partial charge < -0.3 is 14.6 Å². The molecule has 1 heterocycles. The van der Waals surface area contributed by atoms with Gasteiger partial charge in [0, 0.05) is 32.2 Å². The lowest BCUT2D eigenvalue weighted by atomic mass is 10.1. The Morgan fingerprint density at radius 1 is 1.42 bits per heavy atom. The summed E-state index contributed by atoms with van der Waals surface area (Å²) in [6, 6.07) is 6.45. The summed E-state index contributed by atoms with van der Waals surface area (Å²) < 4.78 is 2.04. The molecule has 0 unspecified atom stereocenters. The maximum absolute atomic E-state index is 9.38. The van der Waals surface area contributed by atoms with Crippen LogP contribution in [0.4, 0.5) is 0 Å². The lowest BCUT2D eigenvalue weighted by molar-refractivity contribution is 0.161. The third-order valence-electron chi connectivity index (χ3n) is 4.14. The molecule has 0 spiro atoms. The molecule has 4 heteroatoms. The number of aliphatic hydroxyl groups is 1. The molecule has 3 rings (SSSR count). The van der Waals surface area contributed by atoms with E-state index in [9.17, 15) is 5.11 Å². The average Bonchev–Trinajstić information content (AvgIpc) is 3.07. The van der Waals surface area contributed by atoms with Crippen molar-refractivity contribution >= 4 is 11.0 Å². The third kappa shape index (κ3) is 2.51. The van der Waals surface area contributed by atoms with Gasteiger partial charge in [-0.3, -0.25) is 0 Å². The first-order valence-electron chi connectivity index (χ1n) is 6.81. The standard InChI is InChI=1S/C15H21N3O/c1-17(9-15(10-19)5-6-15)8-12-3-4-14-13(7-12)16-11-18(14)2/h3-4,7,11,19H,5-6,8-10H2,1-2H3. The molecule has 0 atom stereocenters. The van der Waals surface area contributed by atoms with E-state index in [2.05, 4.69) is 35.1 Å². The Hall–Kier alpha value is -1.39. The number of aryl methyl sites for hydroxylation is 1. The third-order valence-corrected chi connectivity index (χ3v) is 4.14. The first kappa shape index (κ1) is 12.6. The molecule has 1 aliphatic carbocycles. The highest BCUT2D eigenvalue weighted by molar-refractivity contribution is 5.75. The molecule has 102 valence electrons. The van der Waals surface area contributed by atoms with E-state index in [0.29, 0.717) is 6.61 Å². The van der Waals surface area contributed by atoms with Crippen LogP contribution in [-0.4, -0.2) is 39.8 Å². The summed E-state index contributed by atoms with van der Waals surface area (Å²) in [5, 5.41) is 9.38. The summed E-state index contributed by atoms with van der Waals surface area (Å²) in [5.74, 6) is 0. The molecule has 2 aromatic rings. The van der Waals surface area contributed by atoms with Crippen LogP contribution < -0.4 is 0 Å². The van der Waals surface area contributed by atoms with Crippen LogP contribution in [0.15, 0.2) is 24.5 Å². The smallest absolute Gasteiger partial charge is 0.0955 e. The highest BCUT2D eigenvalue weighted by atomic mass is 16.3. The van der Waals surface area contributed by atoms with E-state index in [-0.39, 0.29) is 5.41 Å². The Morgan fingerprint density at radius 2 is 2.21 bits per heavy atom. The molecule has 1 saturated carbocycles. The number of nitrogens with zero attached hydrogens (tertiary/aromatic N) is 3. The number of benzene rings is 1. The normalized spacial score (nSPS) is 17.3. The Labute approximate surface area is 113 Å². The van der Waals surface area contributed by atoms with Gasteiger partial charge >= 0.3 is 0 Å². The van der Waals surface area contributed by atoms with E-state index in [1.54, 1.807) is 0 Å². The monoisotopic (exact) mass is 259 g/mol. The molecule has 1 fully saturated rings. The van der Waals surface area contributed by atoms with Crippen LogP contribution in [0, 0.1) is 5.41 Å². The van der Waals surface area contributed by atoms with E-state index in [4.69, 9.17) is 0 Å². The second kappa shape index (κ2) is 4.62. The van der Waals surface area contributed by atoms with Gasteiger partial charge in [0.15, 0.2) is 0 Å². The van der Waals surface area contributed by atoms with Crippen molar-refractivity contribution in [1.82, 2.24) is 14.5 Å². The summed E-state index contributed by atoms with van der Waals surface area (Å²) in [5.41, 5.74) is 3.68. The van der Waals surface area contributed by atoms with Crippen molar-refractivity contribution < 1.29 is 5.11 Å². The zero-order valence-corrected chi connectivity index (χ0v) is 11.6. The number of imidazole rings is 1. The van der Waals surface area contributed by atoms with Crippen molar-refractivity contribution in [1.29, 1.82) is 0 Å². The van der Waals surface area contributed by atoms with Gasteiger partial charge in [0.25, 0.3) is 0 Å². The molecule has 0 amide bonds. The SMILES string of the molecule is CN(Cc1ccc2c(c1)ncn2C)CC1(CO)CC1.